The van der Waals surface area contributed by atoms with Crippen molar-refractivity contribution in [3.8, 4) is 66.8 Å². The van der Waals surface area contributed by atoms with E-state index in [1.807, 2.05) is 0 Å². The van der Waals surface area contributed by atoms with Crippen molar-refractivity contribution in [2.45, 2.75) is 38.5 Å². The fraction of sp³-hybridized carbons (Fsp3) is 0.100. The quantitative estimate of drug-likeness (QED) is 0.156. The van der Waals surface area contributed by atoms with Gasteiger partial charge >= 0.3 is 0 Å². The van der Waals surface area contributed by atoms with Crippen molar-refractivity contribution in [1.82, 2.24) is 0 Å². The molecule has 0 bridgehead atoms. The Morgan fingerprint density at radius 2 is 0.721 bits per heavy atom. The Kier molecular flexibility index (Phi) is 8.58. The number of anilines is 3. The van der Waals surface area contributed by atoms with Crippen LogP contribution >= 0.6 is 0 Å². The van der Waals surface area contributed by atoms with E-state index >= 15 is 0 Å². The van der Waals surface area contributed by atoms with Gasteiger partial charge in [-0.15, -0.1) is 0 Å². The fourth-order valence-corrected chi connectivity index (χ4v) is 10.4. The molecule has 0 aromatic heterocycles. The molecule has 61 heavy (non-hydrogen) atoms. The molecule has 0 fully saturated rings. The van der Waals surface area contributed by atoms with Crippen LogP contribution < -0.4 is 4.90 Å². The SMILES string of the molecule is CC1(C)c2ccccc2-c2cc(-c3cccc(N(c4ccc5c(c4)-c4ccccc4C5(C)C)c4cccc(-c5ccccc5)c4-c4ccccc4-c4ccccc4)c3)ccc21. The molecule has 9 aromatic rings. The van der Waals surface area contributed by atoms with Gasteiger partial charge in [-0.05, 0) is 120 Å². The summed E-state index contributed by atoms with van der Waals surface area (Å²) in [5.74, 6) is 0. The first-order chi connectivity index (χ1) is 29.8. The first-order valence-electron chi connectivity index (χ1n) is 21.5. The molecule has 292 valence electrons. The van der Waals surface area contributed by atoms with Crippen LogP contribution in [0.3, 0.4) is 0 Å². The van der Waals surface area contributed by atoms with Crippen molar-refractivity contribution < 1.29 is 0 Å². The number of fused-ring (bicyclic) bond motifs is 6. The minimum absolute atomic E-state index is 0.0416. The molecule has 0 spiro atoms. The second-order valence-electron chi connectivity index (χ2n) is 17.7. The van der Waals surface area contributed by atoms with Gasteiger partial charge in [-0.25, -0.2) is 0 Å². The standard InChI is InChI=1S/C60H47N/c1-59(2)53-30-15-13-26-48(53)51-38-43(33-35-55(51)59)42-23-17-24-44(37-42)61(45-34-36-56-52(39-45)49-27-14-16-31-54(49)60(56,3)4)57-32-18-29-47(41-21-9-6-10-22-41)58(57)50-28-12-11-25-46(50)40-19-7-5-8-20-40/h5-39H,1-4H3. The van der Waals surface area contributed by atoms with Crippen LogP contribution in [-0.2, 0) is 10.8 Å². The summed E-state index contributed by atoms with van der Waals surface area (Å²) in [6.07, 6.45) is 0. The molecule has 0 amide bonds. The molecule has 0 N–H and O–H groups in total. The van der Waals surface area contributed by atoms with Gasteiger partial charge in [0.1, 0.15) is 0 Å². The molecule has 0 unspecified atom stereocenters. The van der Waals surface area contributed by atoms with Gasteiger partial charge in [0.2, 0.25) is 0 Å². The highest BCUT2D eigenvalue weighted by molar-refractivity contribution is 6.02. The largest absolute Gasteiger partial charge is 0.310 e. The number of rotatable bonds is 7. The maximum Gasteiger partial charge on any atom is 0.0546 e. The normalized spacial score (nSPS) is 13.8. The van der Waals surface area contributed by atoms with Gasteiger partial charge in [-0.1, -0.05) is 204 Å². The third-order valence-electron chi connectivity index (χ3n) is 13.5. The van der Waals surface area contributed by atoms with Crippen LogP contribution in [-0.4, -0.2) is 0 Å². The Morgan fingerprint density at radius 1 is 0.279 bits per heavy atom. The van der Waals surface area contributed by atoms with Crippen LogP contribution in [0.5, 0.6) is 0 Å². The summed E-state index contributed by atoms with van der Waals surface area (Å²) in [5.41, 5.74) is 23.5. The van der Waals surface area contributed by atoms with Gasteiger partial charge in [0.05, 0.1) is 5.69 Å². The third kappa shape index (κ3) is 5.91. The van der Waals surface area contributed by atoms with E-state index in [4.69, 9.17) is 0 Å². The molecular formula is C60H47N. The molecule has 2 aliphatic carbocycles. The summed E-state index contributed by atoms with van der Waals surface area (Å²) < 4.78 is 0. The summed E-state index contributed by atoms with van der Waals surface area (Å²) in [7, 11) is 0. The Morgan fingerprint density at radius 3 is 1.38 bits per heavy atom. The minimum atomic E-state index is -0.0943. The fourth-order valence-electron chi connectivity index (χ4n) is 10.4. The van der Waals surface area contributed by atoms with E-state index < -0.39 is 0 Å². The van der Waals surface area contributed by atoms with Crippen LogP contribution in [0.2, 0.25) is 0 Å². The lowest BCUT2D eigenvalue weighted by Crippen LogP contribution is -2.15. The maximum atomic E-state index is 2.51. The predicted molar refractivity (Wildman–Crippen MR) is 258 cm³/mol. The molecule has 1 nitrogen and oxygen atoms in total. The van der Waals surface area contributed by atoms with Crippen LogP contribution in [0.1, 0.15) is 49.9 Å². The van der Waals surface area contributed by atoms with Gasteiger partial charge in [0, 0.05) is 27.8 Å². The van der Waals surface area contributed by atoms with Crippen LogP contribution in [0, 0.1) is 0 Å². The minimum Gasteiger partial charge on any atom is -0.310 e. The van der Waals surface area contributed by atoms with E-state index in [2.05, 4.69) is 245 Å². The second kappa shape index (κ2) is 14.2. The highest BCUT2D eigenvalue weighted by Crippen LogP contribution is 2.54. The van der Waals surface area contributed by atoms with E-state index in [9.17, 15) is 0 Å². The number of hydrogen-bond acceptors (Lipinski definition) is 1. The van der Waals surface area contributed by atoms with Crippen molar-refractivity contribution in [1.29, 1.82) is 0 Å². The second-order valence-corrected chi connectivity index (χ2v) is 17.7. The first kappa shape index (κ1) is 36.8. The van der Waals surface area contributed by atoms with E-state index in [-0.39, 0.29) is 10.8 Å². The van der Waals surface area contributed by atoms with Gasteiger partial charge in [0.25, 0.3) is 0 Å². The average molecular weight is 782 g/mol. The summed E-state index contributed by atoms with van der Waals surface area (Å²) >= 11 is 0. The Hall–Kier alpha value is -7.22. The molecule has 0 saturated heterocycles. The Labute approximate surface area is 360 Å². The van der Waals surface area contributed by atoms with Crippen molar-refractivity contribution in [2.75, 3.05) is 4.90 Å². The van der Waals surface area contributed by atoms with Crippen molar-refractivity contribution in [3.63, 3.8) is 0 Å². The van der Waals surface area contributed by atoms with E-state index in [0.29, 0.717) is 0 Å². The third-order valence-corrected chi connectivity index (χ3v) is 13.5. The molecule has 2 aliphatic rings. The van der Waals surface area contributed by atoms with Gasteiger partial charge in [-0.2, -0.15) is 0 Å². The molecule has 0 radical (unpaired) electrons. The molecule has 9 aromatic carbocycles. The topological polar surface area (TPSA) is 3.24 Å². The summed E-state index contributed by atoms with van der Waals surface area (Å²) in [6.45, 7) is 9.42. The highest BCUT2D eigenvalue weighted by Gasteiger charge is 2.37. The lowest BCUT2D eigenvalue weighted by Gasteiger charge is -2.31. The summed E-state index contributed by atoms with van der Waals surface area (Å²) in [6, 6.07) is 78.7. The zero-order chi connectivity index (χ0) is 41.3. The Bertz CT molecular complexity index is 3130. The average Bonchev–Trinajstić information content (AvgIpc) is 3.68. The van der Waals surface area contributed by atoms with E-state index in [1.54, 1.807) is 0 Å². The lowest BCUT2D eigenvalue weighted by atomic mass is 9.82. The Balaban J connectivity index is 1.17. The summed E-state index contributed by atoms with van der Waals surface area (Å²) in [4.78, 5) is 2.51. The van der Waals surface area contributed by atoms with E-state index in [0.717, 1.165) is 17.1 Å². The van der Waals surface area contributed by atoms with Gasteiger partial charge in [0.15, 0.2) is 0 Å². The van der Waals surface area contributed by atoms with Crippen LogP contribution in [0.4, 0.5) is 17.1 Å². The molecule has 1 heteroatoms. The van der Waals surface area contributed by atoms with Crippen LogP contribution in [0.25, 0.3) is 66.8 Å². The smallest absolute Gasteiger partial charge is 0.0546 e. The molecule has 0 aliphatic heterocycles. The predicted octanol–water partition coefficient (Wildman–Crippen LogP) is 16.4. The van der Waals surface area contributed by atoms with Crippen molar-refractivity contribution in [3.05, 3.63) is 235 Å². The maximum absolute atomic E-state index is 2.51. The van der Waals surface area contributed by atoms with Gasteiger partial charge < -0.3 is 4.90 Å². The zero-order valence-electron chi connectivity index (χ0n) is 35.2. The molecule has 0 heterocycles. The molecule has 11 rings (SSSR count). The van der Waals surface area contributed by atoms with Crippen molar-refractivity contribution in [2.24, 2.45) is 0 Å². The monoisotopic (exact) mass is 781 g/mol. The van der Waals surface area contributed by atoms with E-state index in [1.165, 1.54) is 89.0 Å². The number of nitrogens with zero attached hydrogens (tertiary/aromatic N) is 1. The summed E-state index contributed by atoms with van der Waals surface area (Å²) in [5, 5.41) is 0. The molecule has 0 atom stereocenters. The van der Waals surface area contributed by atoms with Crippen molar-refractivity contribution >= 4 is 17.1 Å². The number of hydrogen-bond donors (Lipinski definition) is 0. The highest BCUT2D eigenvalue weighted by atomic mass is 15.1. The number of benzene rings is 9. The van der Waals surface area contributed by atoms with Gasteiger partial charge in [-0.3, -0.25) is 0 Å². The molecule has 0 saturated carbocycles. The van der Waals surface area contributed by atoms with Crippen LogP contribution in [0.15, 0.2) is 212 Å². The zero-order valence-corrected chi connectivity index (χ0v) is 35.2. The first-order valence-corrected chi connectivity index (χ1v) is 21.5. The molecular weight excluding hydrogens is 735 g/mol. The lowest BCUT2D eigenvalue weighted by molar-refractivity contribution is 0.660.